The van der Waals surface area contributed by atoms with Crippen LogP contribution in [0.4, 0.5) is 0 Å². The Morgan fingerprint density at radius 2 is 2.11 bits per heavy atom. The molecule has 2 N–H and O–H groups in total. The van der Waals surface area contributed by atoms with E-state index in [0.717, 1.165) is 6.42 Å². The molecule has 0 fully saturated rings. The largest absolute Gasteiger partial charge is 0.328 e. The van der Waals surface area contributed by atoms with Crippen molar-refractivity contribution in [2.24, 2.45) is 5.73 Å². The Labute approximate surface area is 62.4 Å². The molecule has 9 heavy (non-hydrogen) atoms. The smallest absolute Gasteiger partial charge is 0.00440 e. The highest BCUT2D eigenvalue weighted by atomic mass is 32.2. The SMILES string of the molecule is CCSCCC(N)CC. The lowest BCUT2D eigenvalue weighted by atomic mass is 10.2. The molecule has 0 aliphatic carbocycles. The fraction of sp³-hybridized carbons (Fsp3) is 1.00. The van der Waals surface area contributed by atoms with Gasteiger partial charge in [0.1, 0.15) is 0 Å². The van der Waals surface area contributed by atoms with Crippen LogP contribution < -0.4 is 5.73 Å². The van der Waals surface area contributed by atoms with E-state index in [2.05, 4.69) is 13.8 Å². The average Bonchev–Trinajstić information content (AvgIpc) is 1.89. The summed E-state index contributed by atoms with van der Waals surface area (Å²) in [6, 6.07) is 0.434. The van der Waals surface area contributed by atoms with Crippen LogP contribution in [0.1, 0.15) is 26.7 Å². The molecule has 0 aliphatic rings. The van der Waals surface area contributed by atoms with Crippen LogP contribution in [0.3, 0.4) is 0 Å². The summed E-state index contributed by atoms with van der Waals surface area (Å²) in [4.78, 5) is 0. The summed E-state index contributed by atoms with van der Waals surface area (Å²) in [7, 11) is 0. The maximum atomic E-state index is 5.70. The predicted octanol–water partition coefficient (Wildman–Crippen LogP) is 1.87. The van der Waals surface area contributed by atoms with Gasteiger partial charge in [-0.15, -0.1) is 0 Å². The molecule has 56 valence electrons. The zero-order chi connectivity index (χ0) is 7.11. The predicted molar refractivity (Wildman–Crippen MR) is 45.9 cm³/mol. The van der Waals surface area contributed by atoms with E-state index in [1.54, 1.807) is 0 Å². The fourth-order valence-electron chi connectivity index (χ4n) is 0.583. The van der Waals surface area contributed by atoms with E-state index in [1.807, 2.05) is 11.8 Å². The average molecular weight is 147 g/mol. The zero-order valence-electron chi connectivity index (χ0n) is 6.39. The quantitative estimate of drug-likeness (QED) is 0.601. The molecule has 1 nitrogen and oxygen atoms in total. The molecule has 0 heterocycles. The second kappa shape index (κ2) is 6.43. The van der Waals surface area contributed by atoms with Crippen LogP contribution in [0.25, 0.3) is 0 Å². The Morgan fingerprint density at radius 1 is 1.44 bits per heavy atom. The van der Waals surface area contributed by atoms with E-state index in [0.29, 0.717) is 6.04 Å². The molecule has 0 aliphatic heterocycles. The molecule has 0 bridgehead atoms. The molecular weight excluding hydrogens is 130 g/mol. The van der Waals surface area contributed by atoms with Crippen molar-refractivity contribution >= 4 is 11.8 Å². The second-order valence-corrected chi connectivity index (χ2v) is 3.55. The van der Waals surface area contributed by atoms with E-state index in [1.165, 1.54) is 17.9 Å². The molecule has 0 aromatic carbocycles. The normalized spacial score (nSPS) is 13.7. The first-order chi connectivity index (χ1) is 4.31. The fourth-order valence-corrected chi connectivity index (χ4v) is 1.34. The molecule has 0 rings (SSSR count). The lowest BCUT2D eigenvalue weighted by molar-refractivity contribution is 0.634. The van der Waals surface area contributed by atoms with Gasteiger partial charge in [-0.2, -0.15) is 11.8 Å². The highest BCUT2D eigenvalue weighted by Gasteiger charge is 1.96. The van der Waals surface area contributed by atoms with Crippen molar-refractivity contribution in [1.82, 2.24) is 0 Å². The third-order valence-electron chi connectivity index (χ3n) is 1.36. The Balaban J connectivity index is 2.88. The monoisotopic (exact) mass is 147 g/mol. The Kier molecular flexibility index (Phi) is 6.65. The van der Waals surface area contributed by atoms with Crippen LogP contribution >= 0.6 is 11.8 Å². The number of rotatable bonds is 5. The van der Waals surface area contributed by atoms with E-state index >= 15 is 0 Å². The number of hydrogen-bond donors (Lipinski definition) is 1. The molecule has 0 saturated carbocycles. The highest BCUT2D eigenvalue weighted by Crippen LogP contribution is 2.03. The number of hydrogen-bond acceptors (Lipinski definition) is 2. The Morgan fingerprint density at radius 3 is 2.56 bits per heavy atom. The van der Waals surface area contributed by atoms with Crippen molar-refractivity contribution in [3.05, 3.63) is 0 Å². The summed E-state index contributed by atoms with van der Waals surface area (Å²) in [6.07, 6.45) is 2.29. The number of thioether (sulfide) groups is 1. The maximum absolute atomic E-state index is 5.70. The van der Waals surface area contributed by atoms with Gasteiger partial charge in [0.2, 0.25) is 0 Å². The molecule has 0 radical (unpaired) electrons. The molecule has 1 unspecified atom stereocenters. The van der Waals surface area contributed by atoms with Crippen LogP contribution in [-0.2, 0) is 0 Å². The molecule has 0 spiro atoms. The summed E-state index contributed by atoms with van der Waals surface area (Å²) in [5.74, 6) is 2.45. The van der Waals surface area contributed by atoms with Crippen LogP contribution in [-0.4, -0.2) is 17.5 Å². The standard InChI is InChI=1S/C7H17NS/c1-3-7(8)5-6-9-4-2/h7H,3-6,8H2,1-2H3. The third kappa shape index (κ3) is 6.19. The van der Waals surface area contributed by atoms with Gasteiger partial charge in [0, 0.05) is 6.04 Å². The first-order valence-electron chi connectivity index (χ1n) is 3.64. The van der Waals surface area contributed by atoms with Crippen molar-refractivity contribution in [2.45, 2.75) is 32.7 Å². The zero-order valence-corrected chi connectivity index (χ0v) is 7.21. The van der Waals surface area contributed by atoms with Gasteiger partial charge in [-0.05, 0) is 24.3 Å². The molecule has 1 atom stereocenters. The number of nitrogens with two attached hydrogens (primary N) is 1. The Bertz CT molecular complexity index is 56.9. The van der Waals surface area contributed by atoms with Gasteiger partial charge in [0.15, 0.2) is 0 Å². The van der Waals surface area contributed by atoms with Crippen molar-refractivity contribution < 1.29 is 0 Å². The first kappa shape index (κ1) is 9.31. The van der Waals surface area contributed by atoms with Crippen molar-refractivity contribution in [3.8, 4) is 0 Å². The minimum atomic E-state index is 0.434. The summed E-state index contributed by atoms with van der Waals surface area (Å²) in [5, 5.41) is 0. The van der Waals surface area contributed by atoms with Crippen molar-refractivity contribution in [2.75, 3.05) is 11.5 Å². The van der Waals surface area contributed by atoms with Gasteiger partial charge in [-0.1, -0.05) is 13.8 Å². The molecule has 0 amide bonds. The molecule has 0 saturated heterocycles. The summed E-state index contributed by atoms with van der Waals surface area (Å²) >= 11 is 1.97. The van der Waals surface area contributed by atoms with Gasteiger partial charge >= 0.3 is 0 Å². The van der Waals surface area contributed by atoms with E-state index in [9.17, 15) is 0 Å². The van der Waals surface area contributed by atoms with Crippen LogP contribution in [0, 0.1) is 0 Å². The van der Waals surface area contributed by atoms with Crippen molar-refractivity contribution in [1.29, 1.82) is 0 Å². The Hall–Kier alpha value is 0.310. The first-order valence-corrected chi connectivity index (χ1v) is 4.80. The lowest BCUT2D eigenvalue weighted by Gasteiger charge is -2.05. The second-order valence-electron chi connectivity index (χ2n) is 2.15. The molecule has 0 aromatic rings. The van der Waals surface area contributed by atoms with Gasteiger partial charge in [0.05, 0.1) is 0 Å². The molecular formula is C7H17NS. The van der Waals surface area contributed by atoms with E-state index < -0.39 is 0 Å². The lowest BCUT2D eigenvalue weighted by Crippen LogP contribution is -2.18. The minimum Gasteiger partial charge on any atom is -0.328 e. The van der Waals surface area contributed by atoms with E-state index in [4.69, 9.17) is 5.73 Å². The van der Waals surface area contributed by atoms with E-state index in [-0.39, 0.29) is 0 Å². The van der Waals surface area contributed by atoms with Crippen LogP contribution in [0.5, 0.6) is 0 Å². The van der Waals surface area contributed by atoms with Crippen LogP contribution in [0.2, 0.25) is 0 Å². The van der Waals surface area contributed by atoms with Crippen molar-refractivity contribution in [3.63, 3.8) is 0 Å². The molecule has 2 heteroatoms. The summed E-state index contributed by atoms with van der Waals surface area (Å²) < 4.78 is 0. The van der Waals surface area contributed by atoms with Gasteiger partial charge in [-0.25, -0.2) is 0 Å². The third-order valence-corrected chi connectivity index (χ3v) is 2.29. The minimum absolute atomic E-state index is 0.434. The van der Waals surface area contributed by atoms with Crippen LogP contribution in [0.15, 0.2) is 0 Å². The van der Waals surface area contributed by atoms with Gasteiger partial charge in [0.25, 0.3) is 0 Å². The van der Waals surface area contributed by atoms with Gasteiger partial charge < -0.3 is 5.73 Å². The maximum Gasteiger partial charge on any atom is 0.00440 e. The highest BCUT2D eigenvalue weighted by molar-refractivity contribution is 7.99. The molecule has 0 aromatic heterocycles. The topological polar surface area (TPSA) is 26.0 Å². The summed E-state index contributed by atoms with van der Waals surface area (Å²) in [6.45, 7) is 4.32. The summed E-state index contributed by atoms with van der Waals surface area (Å²) in [5.41, 5.74) is 5.70. The van der Waals surface area contributed by atoms with Gasteiger partial charge in [-0.3, -0.25) is 0 Å².